The molecule has 0 aliphatic heterocycles. The number of fused-ring (bicyclic) bond motifs is 5. The van der Waals surface area contributed by atoms with E-state index in [1.54, 1.807) is 0 Å². The molecule has 0 spiro atoms. The van der Waals surface area contributed by atoms with Crippen LogP contribution < -0.4 is 0 Å². The zero-order valence-electron chi connectivity index (χ0n) is 20.7. The summed E-state index contributed by atoms with van der Waals surface area (Å²) >= 11 is 0. The van der Waals surface area contributed by atoms with Crippen LogP contribution in [0.4, 0.5) is 0 Å². The monoisotopic (exact) mass is 418 g/mol. The number of aliphatic hydroxyl groups excluding tert-OH is 2. The fraction of sp³-hybridized carbons (Fsp3) is 1.00. The second kappa shape index (κ2) is 8.36. The zero-order chi connectivity index (χ0) is 21.8. The van der Waals surface area contributed by atoms with Crippen LogP contribution in [-0.4, -0.2) is 22.4 Å². The minimum Gasteiger partial charge on any atom is -0.393 e. The van der Waals surface area contributed by atoms with Gasteiger partial charge in [-0.05, 0) is 122 Å². The first-order valence-corrected chi connectivity index (χ1v) is 13.4. The van der Waals surface area contributed by atoms with E-state index in [2.05, 4.69) is 41.5 Å². The van der Waals surface area contributed by atoms with E-state index in [1.165, 1.54) is 44.9 Å². The SMILES string of the molecule is CC(C)[C@H](C)C[C@H](O)[C@@H](C)[C@H]1CC[C@H]2[C@@H]3CC[C@H]4C[C@H](O)CC[C@]4(C)[C@H]3CC[C@]12C. The summed E-state index contributed by atoms with van der Waals surface area (Å²) in [6, 6.07) is 0. The van der Waals surface area contributed by atoms with Gasteiger partial charge >= 0.3 is 0 Å². The largest absolute Gasteiger partial charge is 0.393 e. The summed E-state index contributed by atoms with van der Waals surface area (Å²) < 4.78 is 0. The van der Waals surface area contributed by atoms with Gasteiger partial charge in [0.05, 0.1) is 12.2 Å². The van der Waals surface area contributed by atoms with Crippen LogP contribution in [0.15, 0.2) is 0 Å². The lowest BCUT2D eigenvalue weighted by Gasteiger charge is -2.61. The molecule has 11 atom stereocenters. The summed E-state index contributed by atoms with van der Waals surface area (Å²) in [7, 11) is 0. The van der Waals surface area contributed by atoms with Gasteiger partial charge in [-0.3, -0.25) is 0 Å². The Balaban J connectivity index is 1.49. The van der Waals surface area contributed by atoms with Crippen LogP contribution in [0.25, 0.3) is 0 Å². The summed E-state index contributed by atoms with van der Waals surface area (Å²) in [5.41, 5.74) is 0.902. The first-order chi connectivity index (χ1) is 14.1. The molecule has 2 heteroatoms. The van der Waals surface area contributed by atoms with E-state index in [9.17, 15) is 10.2 Å². The van der Waals surface area contributed by atoms with E-state index in [0.29, 0.717) is 34.5 Å². The highest BCUT2D eigenvalue weighted by molar-refractivity contribution is 5.10. The molecule has 4 saturated carbocycles. The standard InChI is InChI=1S/C28H50O2/c1-17(2)18(3)15-26(30)19(4)23-9-10-24-22-8-7-20-16-21(29)11-13-27(20,5)25(22)12-14-28(23,24)6/h17-26,29-30H,7-16H2,1-6H3/t18-,19+,20+,21-,22+,23-,24+,25+,26+,27+,28-/m1/s1. The number of hydrogen-bond donors (Lipinski definition) is 2. The van der Waals surface area contributed by atoms with Gasteiger partial charge < -0.3 is 10.2 Å². The molecule has 0 amide bonds. The fourth-order valence-corrected chi connectivity index (χ4v) is 9.28. The molecule has 30 heavy (non-hydrogen) atoms. The first kappa shape index (κ1) is 23.1. The highest BCUT2D eigenvalue weighted by Gasteiger charge is 2.60. The maximum atomic E-state index is 11.1. The van der Waals surface area contributed by atoms with E-state index < -0.39 is 0 Å². The van der Waals surface area contributed by atoms with Crippen molar-refractivity contribution < 1.29 is 10.2 Å². The lowest BCUT2D eigenvalue weighted by molar-refractivity contribution is -0.132. The van der Waals surface area contributed by atoms with Crippen molar-refractivity contribution >= 4 is 0 Å². The zero-order valence-corrected chi connectivity index (χ0v) is 20.7. The highest BCUT2D eigenvalue weighted by atomic mass is 16.3. The average Bonchev–Trinajstić information content (AvgIpc) is 3.04. The quantitative estimate of drug-likeness (QED) is 0.522. The molecule has 0 heterocycles. The normalized spacial score (nSPS) is 49.1. The Labute approximate surface area is 186 Å². The molecule has 174 valence electrons. The van der Waals surface area contributed by atoms with Crippen LogP contribution in [0, 0.1) is 58.2 Å². The Morgan fingerprint density at radius 2 is 1.50 bits per heavy atom. The molecular weight excluding hydrogens is 368 g/mol. The van der Waals surface area contributed by atoms with Crippen LogP contribution in [0.1, 0.15) is 106 Å². The number of rotatable bonds is 5. The van der Waals surface area contributed by atoms with Crippen molar-refractivity contribution in [1.29, 1.82) is 0 Å². The molecule has 4 rings (SSSR count). The van der Waals surface area contributed by atoms with Crippen molar-refractivity contribution in [2.24, 2.45) is 58.2 Å². The Kier molecular flexibility index (Phi) is 6.44. The van der Waals surface area contributed by atoms with Gasteiger partial charge in [0.15, 0.2) is 0 Å². The highest BCUT2D eigenvalue weighted by Crippen LogP contribution is 2.68. The third kappa shape index (κ3) is 3.70. The molecule has 4 aliphatic rings. The summed E-state index contributed by atoms with van der Waals surface area (Å²) in [6.45, 7) is 14.5. The maximum Gasteiger partial charge on any atom is 0.0571 e. The van der Waals surface area contributed by atoms with Gasteiger partial charge in [-0.1, -0.05) is 41.5 Å². The molecule has 0 unspecified atom stereocenters. The Morgan fingerprint density at radius 1 is 0.833 bits per heavy atom. The van der Waals surface area contributed by atoms with Crippen molar-refractivity contribution in [3.8, 4) is 0 Å². The predicted octanol–water partition coefficient (Wildman–Crippen LogP) is 6.69. The molecule has 4 fully saturated rings. The Morgan fingerprint density at radius 3 is 2.20 bits per heavy atom. The van der Waals surface area contributed by atoms with E-state index >= 15 is 0 Å². The molecule has 2 N–H and O–H groups in total. The van der Waals surface area contributed by atoms with Gasteiger partial charge in [0, 0.05) is 0 Å². The molecular formula is C28H50O2. The van der Waals surface area contributed by atoms with Gasteiger partial charge in [-0.2, -0.15) is 0 Å². The lowest BCUT2D eigenvalue weighted by Crippen LogP contribution is -2.54. The van der Waals surface area contributed by atoms with Crippen molar-refractivity contribution in [3.05, 3.63) is 0 Å². The van der Waals surface area contributed by atoms with E-state index in [-0.39, 0.29) is 12.2 Å². The van der Waals surface area contributed by atoms with Crippen molar-refractivity contribution in [2.75, 3.05) is 0 Å². The topological polar surface area (TPSA) is 40.5 Å². The average molecular weight is 419 g/mol. The molecule has 0 aromatic rings. The van der Waals surface area contributed by atoms with Crippen LogP contribution >= 0.6 is 0 Å². The third-order valence-corrected chi connectivity index (χ3v) is 11.7. The van der Waals surface area contributed by atoms with Crippen molar-refractivity contribution in [2.45, 2.75) is 118 Å². The van der Waals surface area contributed by atoms with Gasteiger partial charge in [0.1, 0.15) is 0 Å². The minimum absolute atomic E-state index is 0.0417. The molecule has 0 aromatic carbocycles. The van der Waals surface area contributed by atoms with Gasteiger partial charge in [-0.25, -0.2) is 0 Å². The minimum atomic E-state index is -0.145. The van der Waals surface area contributed by atoms with E-state index in [0.717, 1.165) is 42.9 Å². The molecule has 0 aromatic heterocycles. The van der Waals surface area contributed by atoms with E-state index in [1.807, 2.05) is 0 Å². The summed E-state index contributed by atoms with van der Waals surface area (Å²) in [5, 5.41) is 21.4. The number of hydrogen-bond acceptors (Lipinski definition) is 2. The smallest absolute Gasteiger partial charge is 0.0571 e. The van der Waals surface area contributed by atoms with Gasteiger partial charge in [0.25, 0.3) is 0 Å². The van der Waals surface area contributed by atoms with Crippen LogP contribution in [0.2, 0.25) is 0 Å². The molecule has 0 radical (unpaired) electrons. The van der Waals surface area contributed by atoms with Gasteiger partial charge in [-0.15, -0.1) is 0 Å². The Hall–Kier alpha value is -0.0800. The predicted molar refractivity (Wildman–Crippen MR) is 125 cm³/mol. The molecule has 0 bridgehead atoms. The second-order valence-electron chi connectivity index (χ2n) is 13.2. The molecule has 2 nitrogen and oxygen atoms in total. The third-order valence-electron chi connectivity index (χ3n) is 11.7. The summed E-state index contributed by atoms with van der Waals surface area (Å²) in [4.78, 5) is 0. The Bertz CT molecular complexity index is 601. The first-order valence-electron chi connectivity index (χ1n) is 13.4. The summed E-state index contributed by atoms with van der Waals surface area (Å²) in [5.74, 6) is 5.75. The second-order valence-corrected chi connectivity index (χ2v) is 13.2. The van der Waals surface area contributed by atoms with Gasteiger partial charge in [0.2, 0.25) is 0 Å². The van der Waals surface area contributed by atoms with Crippen LogP contribution in [0.5, 0.6) is 0 Å². The molecule has 4 aliphatic carbocycles. The van der Waals surface area contributed by atoms with E-state index in [4.69, 9.17) is 0 Å². The fourth-order valence-electron chi connectivity index (χ4n) is 9.28. The summed E-state index contributed by atoms with van der Waals surface area (Å²) in [6.07, 6.45) is 12.3. The van der Waals surface area contributed by atoms with Crippen molar-refractivity contribution in [3.63, 3.8) is 0 Å². The number of aliphatic hydroxyl groups is 2. The maximum absolute atomic E-state index is 11.1. The molecule has 0 saturated heterocycles. The van der Waals surface area contributed by atoms with Crippen LogP contribution in [-0.2, 0) is 0 Å². The van der Waals surface area contributed by atoms with Crippen molar-refractivity contribution in [1.82, 2.24) is 0 Å². The lowest BCUT2D eigenvalue weighted by atomic mass is 9.44. The van der Waals surface area contributed by atoms with Crippen LogP contribution in [0.3, 0.4) is 0 Å².